The summed E-state index contributed by atoms with van der Waals surface area (Å²) in [5.41, 5.74) is 2.48. The van der Waals surface area contributed by atoms with Gasteiger partial charge in [0.25, 0.3) is 0 Å². The third-order valence-electron chi connectivity index (χ3n) is 3.07. The van der Waals surface area contributed by atoms with Crippen LogP contribution in [-0.4, -0.2) is 18.1 Å². The highest BCUT2D eigenvalue weighted by Gasteiger charge is 2.16. The van der Waals surface area contributed by atoms with Crippen LogP contribution in [0.3, 0.4) is 0 Å². The van der Waals surface area contributed by atoms with Gasteiger partial charge in [0.1, 0.15) is 0 Å². The summed E-state index contributed by atoms with van der Waals surface area (Å²) in [4.78, 5) is 4.59. The Morgan fingerprint density at radius 2 is 2.16 bits per heavy atom. The molecule has 0 spiro atoms. The van der Waals surface area contributed by atoms with Crippen molar-refractivity contribution in [3.8, 4) is 0 Å². The molecule has 2 nitrogen and oxygen atoms in total. The summed E-state index contributed by atoms with van der Waals surface area (Å²) in [7, 11) is 0. The molecule has 0 saturated carbocycles. The van der Waals surface area contributed by atoms with E-state index < -0.39 is 0 Å². The average molecular weight is 339 g/mol. The Bertz CT molecular complexity index is 524. The fraction of sp³-hybridized carbons (Fsp3) is 0.400. The molecular formula is C15H19BrN2S. The first-order valence-corrected chi connectivity index (χ1v) is 8.24. The van der Waals surface area contributed by atoms with Crippen molar-refractivity contribution in [2.24, 2.45) is 0 Å². The molecule has 1 aromatic carbocycles. The van der Waals surface area contributed by atoms with Crippen LogP contribution in [0.1, 0.15) is 29.1 Å². The number of aromatic nitrogens is 1. The molecule has 19 heavy (non-hydrogen) atoms. The zero-order valence-corrected chi connectivity index (χ0v) is 13.7. The van der Waals surface area contributed by atoms with E-state index in [1.165, 1.54) is 15.0 Å². The van der Waals surface area contributed by atoms with Gasteiger partial charge in [-0.2, -0.15) is 0 Å². The van der Waals surface area contributed by atoms with E-state index in [0.717, 1.165) is 25.2 Å². The van der Waals surface area contributed by atoms with Crippen LogP contribution >= 0.6 is 27.3 Å². The van der Waals surface area contributed by atoms with Crippen molar-refractivity contribution in [1.29, 1.82) is 0 Å². The van der Waals surface area contributed by atoms with E-state index in [9.17, 15) is 0 Å². The second-order valence-electron chi connectivity index (χ2n) is 4.61. The molecule has 0 aliphatic carbocycles. The maximum Gasteiger partial charge on any atom is 0.0934 e. The van der Waals surface area contributed by atoms with Crippen molar-refractivity contribution in [1.82, 2.24) is 10.3 Å². The van der Waals surface area contributed by atoms with Gasteiger partial charge >= 0.3 is 0 Å². The SMILES string of the molecule is CCNCC(Cc1nc(C)cs1)c1ccccc1Br. The van der Waals surface area contributed by atoms with Crippen molar-refractivity contribution in [2.45, 2.75) is 26.2 Å². The molecule has 2 aromatic rings. The summed E-state index contributed by atoms with van der Waals surface area (Å²) in [6, 6.07) is 8.48. The number of likely N-dealkylation sites (N-methyl/N-ethyl adjacent to an activating group) is 1. The molecule has 1 N–H and O–H groups in total. The van der Waals surface area contributed by atoms with Gasteiger partial charge in [0.05, 0.1) is 5.01 Å². The lowest BCUT2D eigenvalue weighted by Crippen LogP contribution is -2.23. The normalized spacial score (nSPS) is 12.6. The number of rotatable bonds is 6. The Morgan fingerprint density at radius 3 is 2.79 bits per heavy atom. The number of nitrogens with zero attached hydrogens (tertiary/aromatic N) is 1. The van der Waals surface area contributed by atoms with E-state index in [1.54, 1.807) is 11.3 Å². The highest BCUT2D eigenvalue weighted by molar-refractivity contribution is 9.10. The molecule has 2 rings (SSSR count). The Kier molecular flexibility index (Phi) is 5.55. The molecule has 0 aliphatic heterocycles. The van der Waals surface area contributed by atoms with Gasteiger partial charge in [0, 0.05) is 34.4 Å². The minimum absolute atomic E-state index is 0.459. The topological polar surface area (TPSA) is 24.9 Å². The minimum Gasteiger partial charge on any atom is -0.316 e. The van der Waals surface area contributed by atoms with Gasteiger partial charge < -0.3 is 5.32 Å². The van der Waals surface area contributed by atoms with Gasteiger partial charge in [-0.1, -0.05) is 41.1 Å². The molecule has 1 atom stereocenters. The van der Waals surface area contributed by atoms with Gasteiger partial charge in [0.2, 0.25) is 0 Å². The first-order valence-electron chi connectivity index (χ1n) is 6.56. The second-order valence-corrected chi connectivity index (χ2v) is 6.41. The molecule has 102 valence electrons. The Balaban J connectivity index is 2.18. The zero-order valence-electron chi connectivity index (χ0n) is 11.3. The number of thiazole rings is 1. The predicted octanol–water partition coefficient (Wildman–Crippen LogP) is 4.15. The maximum absolute atomic E-state index is 4.59. The molecule has 0 amide bonds. The fourth-order valence-corrected chi connectivity index (χ4v) is 3.59. The Hall–Kier alpha value is -0.710. The van der Waals surface area contributed by atoms with Crippen LogP contribution in [0.4, 0.5) is 0 Å². The average Bonchev–Trinajstić information content (AvgIpc) is 2.81. The van der Waals surface area contributed by atoms with Crippen molar-refractivity contribution < 1.29 is 0 Å². The molecule has 0 bridgehead atoms. The van der Waals surface area contributed by atoms with Crippen LogP contribution in [0, 0.1) is 6.92 Å². The zero-order chi connectivity index (χ0) is 13.7. The highest BCUT2D eigenvalue weighted by Crippen LogP contribution is 2.28. The summed E-state index contributed by atoms with van der Waals surface area (Å²) in [5, 5.41) is 6.80. The van der Waals surface area contributed by atoms with Crippen molar-refractivity contribution >= 4 is 27.3 Å². The van der Waals surface area contributed by atoms with Gasteiger partial charge in [0.15, 0.2) is 0 Å². The second kappa shape index (κ2) is 7.17. The maximum atomic E-state index is 4.59. The molecule has 4 heteroatoms. The van der Waals surface area contributed by atoms with Gasteiger partial charge in [-0.15, -0.1) is 11.3 Å². The lowest BCUT2D eigenvalue weighted by atomic mass is 9.96. The number of halogens is 1. The van der Waals surface area contributed by atoms with Gasteiger partial charge in [-0.25, -0.2) is 4.98 Å². The smallest absolute Gasteiger partial charge is 0.0934 e. The van der Waals surface area contributed by atoms with Crippen molar-refractivity contribution in [3.63, 3.8) is 0 Å². The van der Waals surface area contributed by atoms with Gasteiger partial charge in [-0.05, 0) is 25.1 Å². The molecule has 0 aliphatic rings. The number of hydrogen-bond acceptors (Lipinski definition) is 3. The monoisotopic (exact) mass is 338 g/mol. The molecule has 1 aromatic heterocycles. The molecule has 0 radical (unpaired) electrons. The van der Waals surface area contributed by atoms with E-state index in [4.69, 9.17) is 0 Å². The number of nitrogens with one attached hydrogen (secondary N) is 1. The van der Waals surface area contributed by atoms with Crippen LogP contribution < -0.4 is 5.32 Å². The standard InChI is InChI=1S/C15H19BrN2S/c1-3-17-9-12(8-15-18-11(2)10-19-15)13-6-4-5-7-14(13)16/h4-7,10,12,17H,3,8-9H2,1-2H3. The van der Waals surface area contributed by atoms with E-state index in [-0.39, 0.29) is 0 Å². The van der Waals surface area contributed by atoms with Gasteiger partial charge in [-0.3, -0.25) is 0 Å². The lowest BCUT2D eigenvalue weighted by molar-refractivity contribution is 0.592. The van der Waals surface area contributed by atoms with Crippen LogP contribution in [0.5, 0.6) is 0 Å². The third kappa shape index (κ3) is 4.13. The highest BCUT2D eigenvalue weighted by atomic mass is 79.9. The van der Waals surface area contributed by atoms with E-state index in [2.05, 4.69) is 69.7 Å². The van der Waals surface area contributed by atoms with Crippen LogP contribution in [0.25, 0.3) is 0 Å². The minimum atomic E-state index is 0.459. The summed E-state index contributed by atoms with van der Waals surface area (Å²) < 4.78 is 1.19. The quantitative estimate of drug-likeness (QED) is 0.855. The lowest BCUT2D eigenvalue weighted by Gasteiger charge is -2.18. The first kappa shape index (κ1) is 14.7. The molecule has 1 heterocycles. The molecular weight excluding hydrogens is 320 g/mol. The van der Waals surface area contributed by atoms with E-state index >= 15 is 0 Å². The molecule has 0 saturated heterocycles. The van der Waals surface area contributed by atoms with E-state index in [0.29, 0.717) is 5.92 Å². The summed E-state index contributed by atoms with van der Waals surface area (Å²) >= 11 is 5.42. The predicted molar refractivity (Wildman–Crippen MR) is 86.0 cm³/mol. The van der Waals surface area contributed by atoms with Crippen LogP contribution in [0.15, 0.2) is 34.1 Å². The van der Waals surface area contributed by atoms with Crippen LogP contribution in [0.2, 0.25) is 0 Å². The number of benzene rings is 1. The fourth-order valence-electron chi connectivity index (χ4n) is 2.12. The van der Waals surface area contributed by atoms with Crippen LogP contribution in [-0.2, 0) is 6.42 Å². The first-order chi connectivity index (χ1) is 9.20. The Morgan fingerprint density at radius 1 is 1.37 bits per heavy atom. The number of aryl methyl sites for hydroxylation is 1. The summed E-state index contributed by atoms with van der Waals surface area (Å²) in [6.07, 6.45) is 0.994. The van der Waals surface area contributed by atoms with Crippen molar-refractivity contribution in [3.05, 3.63) is 50.4 Å². The number of hydrogen-bond donors (Lipinski definition) is 1. The summed E-state index contributed by atoms with van der Waals surface area (Å²) in [6.45, 7) is 6.18. The van der Waals surface area contributed by atoms with Crippen molar-refractivity contribution in [2.75, 3.05) is 13.1 Å². The molecule has 0 fully saturated rings. The Labute approximate surface area is 127 Å². The molecule has 1 unspecified atom stereocenters. The van der Waals surface area contributed by atoms with E-state index in [1.807, 2.05) is 0 Å². The largest absolute Gasteiger partial charge is 0.316 e. The summed E-state index contributed by atoms with van der Waals surface area (Å²) in [5.74, 6) is 0.459. The third-order valence-corrected chi connectivity index (χ3v) is 4.78.